The number of rotatable bonds is 4. The van der Waals surface area contributed by atoms with Crippen molar-refractivity contribution >= 4 is 11.8 Å². The minimum atomic E-state index is -0.973. The van der Waals surface area contributed by atoms with E-state index < -0.39 is 23.7 Å². The first-order chi connectivity index (χ1) is 9.95. The van der Waals surface area contributed by atoms with Crippen molar-refractivity contribution in [2.75, 3.05) is 0 Å². The highest BCUT2D eigenvalue weighted by Crippen LogP contribution is 2.20. The fraction of sp³-hybridized carbons (Fsp3) is 0.467. The maximum Gasteiger partial charge on any atom is 0.245 e. The van der Waals surface area contributed by atoms with Crippen molar-refractivity contribution in [1.82, 2.24) is 10.2 Å². The van der Waals surface area contributed by atoms with E-state index in [2.05, 4.69) is 5.32 Å². The molecular weight excluding hydrogens is 278 g/mol. The van der Waals surface area contributed by atoms with Crippen LogP contribution >= 0.6 is 0 Å². The van der Waals surface area contributed by atoms with Gasteiger partial charge in [0.05, 0.1) is 0 Å². The smallest absolute Gasteiger partial charge is 0.245 e. The second-order valence-corrected chi connectivity index (χ2v) is 5.21. The van der Waals surface area contributed by atoms with E-state index in [0.717, 1.165) is 6.07 Å². The van der Waals surface area contributed by atoms with Gasteiger partial charge in [0.1, 0.15) is 12.1 Å². The van der Waals surface area contributed by atoms with Gasteiger partial charge in [0.2, 0.25) is 11.8 Å². The maximum absolute atomic E-state index is 13.8. The van der Waals surface area contributed by atoms with Gasteiger partial charge in [-0.2, -0.15) is 0 Å². The predicted octanol–water partition coefficient (Wildman–Crippen LogP) is 1.98. The summed E-state index contributed by atoms with van der Waals surface area (Å²) in [4.78, 5) is 25.6. The van der Waals surface area contributed by atoms with E-state index in [4.69, 9.17) is 0 Å². The molecule has 2 amide bonds. The van der Waals surface area contributed by atoms with Gasteiger partial charge in [-0.1, -0.05) is 25.5 Å². The van der Waals surface area contributed by atoms with Crippen molar-refractivity contribution in [3.05, 3.63) is 35.4 Å². The summed E-state index contributed by atoms with van der Waals surface area (Å²) in [7, 11) is 0. The number of carbonyl (C=O) groups is 2. The molecule has 0 aliphatic carbocycles. The molecule has 2 rings (SSSR count). The number of hydrogen-bond donors (Lipinski definition) is 1. The molecule has 6 heteroatoms. The number of nitrogens with zero attached hydrogens (tertiary/aromatic N) is 1. The van der Waals surface area contributed by atoms with Crippen LogP contribution in [0.4, 0.5) is 8.78 Å². The molecule has 1 aromatic carbocycles. The average Bonchev–Trinajstić information content (AvgIpc) is 2.44. The van der Waals surface area contributed by atoms with E-state index in [0.29, 0.717) is 12.8 Å². The number of halogens is 2. The molecule has 1 fully saturated rings. The molecule has 0 radical (unpaired) electrons. The van der Waals surface area contributed by atoms with Gasteiger partial charge in [-0.15, -0.1) is 0 Å². The SMILES string of the molecule is CCCC1C(=O)NC(C)C(=O)N1Cc1cccc(F)c1F. The molecule has 0 spiro atoms. The molecule has 1 N–H and O–H groups in total. The van der Waals surface area contributed by atoms with Gasteiger partial charge >= 0.3 is 0 Å². The number of hydrogen-bond acceptors (Lipinski definition) is 2. The fourth-order valence-electron chi connectivity index (χ4n) is 2.52. The Morgan fingerprint density at radius 2 is 2.00 bits per heavy atom. The molecule has 2 unspecified atom stereocenters. The third kappa shape index (κ3) is 3.04. The van der Waals surface area contributed by atoms with Crippen LogP contribution < -0.4 is 5.32 Å². The Hall–Kier alpha value is -1.98. The molecule has 21 heavy (non-hydrogen) atoms. The molecule has 1 aromatic rings. The van der Waals surface area contributed by atoms with Crippen LogP contribution in [0.3, 0.4) is 0 Å². The largest absolute Gasteiger partial charge is 0.343 e. The summed E-state index contributed by atoms with van der Waals surface area (Å²) in [6, 6.07) is 2.55. The lowest BCUT2D eigenvalue weighted by atomic mass is 10.0. The first kappa shape index (κ1) is 15.4. The lowest BCUT2D eigenvalue weighted by molar-refractivity contribution is -0.149. The number of piperazine rings is 1. The van der Waals surface area contributed by atoms with Crippen LogP contribution in [0, 0.1) is 11.6 Å². The van der Waals surface area contributed by atoms with E-state index in [1.165, 1.54) is 17.0 Å². The Morgan fingerprint density at radius 3 is 2.67 bits per heavy atom. The van der Waals surface area contributed by atoms with Gasteiger partial charge in [-0.05, 0) is 19.4 Å². The molecular formula is C15H18F2N2O2. The van der Waals surface area contributed by atoms with Gasteiger partial charge in [-0.25, -0.2) is 8.78 Å². The molecule has 1 aliphatic heterocycles. The number of nitrogens with one attached hydrogen (secondary N) is 1. The van der Waals surface area contributed by atoms with E-state index in [9.17, 15) is 18.4 Å². The fourth-order valence-corrected chi connectivity index (χ4v) is 2.52. The van der Waals surface area contributed by atoms with Crippen LogP contribution in [-0.2, 0) is 16.1 Å². The van der Waals surface area contributed by atoms with Crippen molar-refractivity contribution in [1.29, 1.82) is 0 Å². The maximum atomic E-state index is 13.8. The summed E-state index contributed by atoms with van der Waals surface area (Å²) in [6.07, 6.45) is 1.20. The van der Waals surface area contributed by atoms with E-state index >= 15 is 0 Å². The van der Waals surface area contributed by atoms with Crippen LogP contribution in [-0.4, -0.2) is 28.8 Å². The predicted molar refractivity (Wildman–Crippen MR) is 73.2 cm³/mol. The average molecular weight is 296 g/mol. The number of amides is 2. The van der Waals surface area contributed by atoms with Crippen molar-refractivity contribution in [3.63, 3.8) is 0 Å². The molecule has 2 atom stereocenters. The van der Waals surface area contributed by atoms with Gasteiger partial charge in [-0.3, -0.25) is 9.59 Å². The highest BCUT2D eigenvalue weighted by Gasteiger charge is 2.38. The van der Waals surface area contributed by atoms with E-state index in [1.807, 2.05) is 6.92 Å². The van der Waals surface area contributed by atoms with Crippen molar-refractivity contribution in [3.8, 4) is 0 Å². The summed E-state index contributed by atoms with van der Waals surface area (Å²) < 4.78 is 27.0. The van der Waals surface area contributed by atoms with Crippen LogP contribution in [0.1, 0.15) is 32.3 Å². The van der Waals surface area contributed by atoms with Crippen LogP contribution in [0.15, 0.2) is 18.2 Å². The van der Waals surface area contributed by atoms with Crippen molar-refractivity contribution in [2.24, 2.45) is 0 Å². The number of carbonyl (C=O) groups excluding carboxylic acids is 2. The van der Waals surface area contributed by atoms with Crippen LogP contribution in [0.2, 0.25) is 0 Å². The van der Waals surface area contributed by atoms with Gasteiger partial charge in [0.15, 0.2) is 11.6 Å². The lowest BCUT2D eigenvalue weighted by Gasteiger charge is -2.38. The third-order valence-electron chi connectivity index (χ3n) is 3.63. The molecule has 114 valence electrons. The topological polar surface area (TPSA) is 49.4 Å². The molecule has 0 aromatic heterocycles. The Balaban J connectivity index is 2.30. The zero-order chi connectivity index (χ0) is 15.6. The first-order valence-electron chi connectivity index (χ1n) is 6.99. The van der Waals surface area contributed by atoms with Crippen LogP contribution in [0.25, 0.3) is 0 Å². The molecule has 1 saturated heterocycles. The van der Waals surface area contributed by atoms with E-state index in [1.54, 1.807) is 6.92 Å². The summed E-state index contributed by atoms with van der Waals surface area (Å²) in [5.41, 5.74) is 0.0753. The zero-order valence-corrected chi connectivity index (χ0v) is 12.0. The Morgan fingerprint density at radius 1 is 1.29 bits per heavy atom. The van der Waals surface area contributed by atoms with Crippen LogP contribution in [0.5, 0.6) is 0 Å². The van der Waals surface area contributed by atoms with E-state index in [-0.39, 0.29) is 23.9 Å². The number of benzene rings is 1. The zero-order valence-electron chi connectivity index (χ0n) is 12.0. The summed E-state index contributed by atoms with van der Waals surface area (Å²) in [5.74, 6) is -2.46. The molecule has 1 aliphatic rings. The minimum Gasteiger partial charge on any atom is -0.343 e. The molecule has 4 nitrogen and oxygen atoms in total. The second-order valence-electron chi connectivity index (χ2n) is 5.21. The quantitative estimate of drug-likeness (QED) is 0.923. The Labute approximate surface area is 122 Å². The summed E-state index contributed by atoms with van der Waals surface area (Å²) >= 11 is 0. The molecule has 1 heterocycles. The highest BCUT2D eigenvalue weighted by atomic mass is 19.2. The van der Waals surface area contributed by atoms with Crippen molar-refractivity contribution in [2.45, 2.75) is 45.3 Å². The Kier molecular flexibility index (Phi) is 4.55. The van der Waals surface area contributed by atoms with Gasteiger partial charge < -0.3 is 10.2 Å². The summed E-state index contributed by atoms with van der Waals surface area (Å²) in [6.45, 7) is 3.37. The third-order valence-corrected chi connectivity index (χ3v) is 3.63. The molecule has 0 bridgehead atoms. The van der Waals surface area contributed by atoms with Gasteiger partial charge in [0.25, 0.3) is 0 Å². The second kappa shape index (κ2) is 6.20. The standard InChI is InChI=1S/C15H18F2N2O2/c1-3-5-12-14(20)18-9(2)15(21)19(12)8-10-6-4-7-11(16)13(10)17/h4,6-7,9,12H,3,5,8H2,1-2H3,(H,18,20). The summed E-state index contributed by atoms with van der Waals surface area (Å²) in [5, 5.41) is 2.61. The highest BCUT2D eigenvalue weighted by molar-refractivity contribution is 5.96. The first-order valence-corrected chi connectivity index (χ1v) is 6.99. The normalized spacial score (nSPS) is 22.4. The lowest BCUT2D eigenvalue weighted by Crippen LogP contribution is -2.61. The monoisotopic (exact) mass is 296 g/mol. The minimum absolute atomic E-state index is 0.0753. The molecule has 0 saturated carbocycles. The van der Waals surface area contributed by atoms with Crippen molar-refractivity contribution < 1.29 is 18.4 Å². The Bertz CT molecular complexity index is 563. The van der Waals surface area contributed by atoms with Gasteiger partial charge in [0, 0.05) is 12.1 Å².